The van der Waals surface area contributed by atoms with E-state index in [-0.39, 0.29) is 11.5 Å². The van der Waals surface area contributed by atoms with E-state index in [1.54, 1.807) is 19.1 Å². The third kappa shape index (κ3) is 5.19. The minimum atomic E-state index is -3.13. The second-order valence-electron chi connectivity index (χ2n) is 7.35. The molecule has 2 aromatic carbocycles. The maximum atomic E-state index is 12.5. The Bertz CT molecular complexity index is 971. The largest absolute Gasteiger partial charge is 0.452 e. The molecule has 1 N–H and O–H groups in total. The molecule has 1 amide bonds. The number of amides is 1. The Balaban J connectivity index is 1.60. The molecular formula is C21H23NO5S. The van der Waals surface area contributed by atoms with Gasteiger partial charge in [0.2, 0.25) is 0 Å². The molecule has 28 heavy (non-hydrogen) atoms. The van der Waals surface area contributed by atoms with Gasteiger partial charge in [-0.05, 0) is 37.0 Å². The van der Waals surface area contributed by atoms with Crippen molar-refractivity contribution >= 4 is 21.7 Å². The van der Waals surface area contributed by atoms with E-state index in [2.05, 4.69) is 5.32 Å². The quantitative estimate of drug-likeness (QED) is 0.749. The Morgan fingerprint density at radius 3 is 2.43 bits per heavy atom. The SMILES string of the molecule is C[C@@]1(NC(=O)COC(=O)c2ccccc2Cc2ccccc2)CCS(=O)(=O)C1. The van der Waals surface area contributed by atoms with Crippen LogP contribution >= 0.6 is 0 Å². The third-order valence-corrected chi connectivity index (χ3v) is 6.66. The van der Waals surface area contributed by atoms with Gasteiger partial charge in [0.25, 0.3) is 5.91 Å². The normalized spacial score (nSPS) is 20.5. The summed E-state index contributed by atoms with van der Waals surface area (Å²) in [6.45, 7) is 1.24. The highest BCUT2D eigenvalue weighted by atomic mass is 32.2. The minimum Gasteiger partial charge on any atom is -0.452 e. The van der Waals surface area contributed by atoms with Gasteiger partial charge >= 0.3 is 5.97 Å². The molecule has 3 rings (SSSR count). The van der Waals surface area contributed by atoms with Crippen LogP contribution in [0.5, 0.6) is 0 Å². The Kier molecular flexibility index (Phi) is 5.84. The average molecular weight is 401 g/mol. The molecule has 6 nitrogen and oxygen atoms in total. The smallest absolute Gasteiger partial charge is 0.338 e. The van der Waals surface area contributed by atoms with E-state index >= 15 is 0 Å². The van der Waals surface area contributed by atoms with Crippen molar-refractivity contribution in [2.24, 2.45) is 0 Å². The van der Waals surface area contributed by atoms with Crippen LogP contribution in [-0.4, -0.2) is 43.9 Å². The second-order valence-corrected chi connectivity index (χ2v) is 9.53. The van der Waals surface area contributed by atoms with Gasteiger partial charge in [-0.15, -0.1) is 0 Å². The van der Waals surface area contributed by atoms with Crippen LogP contribution in [0.25, 0.3) is 0 Å². The second kappa shape index (κ2) is 8.14. The summed E-state index contributed by atoms with van der Waals surface area (Å²) in [6, 6.07) is 16.9. The van der Waals surface area contributed by atoms with E-state index in [1.165, 1.54) is 0 Å². The summed E-state index contributed by atoms with van der Waals surface area (Å²) in [5.41, 5.74) is 1.48. The fraction of sp³-hybridized carbons (Fsp3) is 0.333. The van der Waals surface area contributed by atoms with Crippen molar-refractivity contribution in [2.45, 2.75) is 25.3 Å². The van der Waals surface area contributed by atoms with Crippen LogP contribution in [-0.2, 0) is 25.8 Å². The third-order valence-electron chi connectivity index (χ3n) is 4.75. The molecular weight excluding hydrogens is 378 g/mol. The monoisotopic (exact) mass is 401 g/mol. The number of hydrogen-bond acceptors (Lipinski definition) is 5. The van der Waals surface area contributed by atoms with Crippen LogP contribution in [0.15, 0.2) is 54.6 Å². The van der Waals surface area contributed by atoms with Gasteiger partial charge in [-0.25, -0.2) is 13.2 Å². The van der Waals surface area contributed by atoms with Gasteiger partial charge in [-0.1, -0.05) is 48.5 Å². The molecule has 1 atom stereocenters. The maximum absolute atomic E-state index is 12.5. The van der Waals surface area contributed by atoms with Gasteiger partial charge < -0.3 is 10.1 Å². The predicted octanol–water partition coefficient (Wildman–Crippen LogP) is 2.13. The molecule has 1 fully saturated rings. The van der Waals surface area contributed by atoms with Crippen molar-refractivity contribution in [3.8, 4) is 0 Å². The minimum absolute atomic E-state index is 0.0520. The molecule has 0 bridgehead atoms. The van der Waals surface area contributed by atoms with Gasteiger partial charge in [0.1, 0.15) is 0 Å². The number of ether oxygens (including phenoxy) is 1. The van der Waals surface area contributed by atoms with Gasteiger partial charge in [0, 0.05) is 0 Å². The first-order valence-corrected chi connectivity index (χ1v) is 10.9. The van der Waals surface area contributed by atoms with Crippen LogP contribution in [0.2, 0.25) is 0 Å². The van der Waals surface area contributed by atoms with E-state index in [9.17, 15) is 18.0 Å². The van der Waals surface area contributed by atoms with Crippen molar-refractivity contribution < 1.29 is 22.7 Å². The van der Waals surface area contributed by atoms with E-state index < -0.39 is 33.9 Å². The molecule has 7 heteroatoms. The van der Waals surface area contributed by atoms with Crippen molar-refractivity contribution in [3.05, 3.63) is 71.3 Å². The lowest BCUT2D eigenvalue weighted by Gasteiger charge is -2.23. The van der Waals surface area contributed by atoms with E-state index in [0.29, 0.717) is 18.4 Å². The number of rotatable bonds is 6. The summed E-state index contributed by atoms with van der Waals surface area (Å²) in [5.74, 6) is -1.13. The molecule has 1 aliphatic heterocycles. The zero-order chi connectivity index (χ0) is 20.2. The first-order valence-electron chi connectivity index (χ1n) is 9.07. The van der Waals surface area contributed by atoms with Gasteiger partial charge in [0.05, 0.1) is 22.6 Å². The Labute approximate surface area is 164 Å². The number of benzene rings is 2. The molecule has 0 aliphatic carbocycles. The van der Waals surface area contributed by atoms with Gasteiger partial charge in [-0.3, -0.25) is 4.79 Å². The van der Waals surface area contributed by atoms with Gasteiger partial charge in [-0.2, -0.15) is 0 Å². The summed E-state index contributed by atoms with van der Waals surface area (Å²) in [7, 11) is -3.13. The van der Waals surface area contributed by atoms with Crippen LogP contribution in [0.1, 0.15) is 34.8 Å². The highest BCUT2D eigenvalue weighted by molar-refractivity contribution is 7.91. The molecule has 1 aliphatic rings. The molecule has 0 spiro atoms. The summed E-state index contributed by atoms with van der Waals surface area (Å²) in [5, 5.41) is 2.68. The Morgan fingerprint density at radius 2 is 1.75 bits per heavy atom. The highest BCUT2D eigenvalue weighted by Gasteiger charge is 2.39. The predicted molar refractivity (Wildman–Crippen MR) is 106 cm³/mol. The molecule has 0 unspecified atom stereocenters. The fourth-order valence-electron chi connectivity index (χ4n) is 3.38. The summed E-state index contributed by atoms with van der Waals surface area (Å²) >= 11 is 0. The average Bonchev–Trinajstić information content (AvgIpc) is 2.93. The topological polar surface area (TPSA) is 89.5 Å². The fourth-order valence-corrected chi connectivity index (χ4v) is 5.47. The molecule has 2 aromatic rings. The van der Waals surface area contributed by atoms with Crippen LogP contribution in [0.3, 0.4) is 0 Å². The zero-order valence-electron chi connectivity index (χ0n) is 15.7. The van der Waals surface area contributed by atoms with E-state index in [0.717, 1.165) is 11.1 Å². The Hall–Kier alpha value is -2.67. The van der Waals surface area contributed by atoms with Crippen molar-refractivity contribution in [3.63, 3.8) is 0 Å². The van der Waals surface area contributed by atoms with Crippen molar-refractivity contribution in [1.29, 1.82) is 0 Å². The number of carbonyl (C=O) groups excluding carboxylic acids is 2. The highest BCUT2D eigenvalue weighted by Crippen LogP contribution is 2.22. The summed E-state index contributed by atoms with van der Waals surface area (Å²) in [6.07, 6.45) is 0.934. The lowest BCUT2D eigenvalue weighted by atomic mass is 10.00. The Morgan fingerprint density at radius 1 is 1.07 bits per heavy atom. The standard InChI is InChI=1S/C21H23NO5S/c1-21(11-12-28(25,26)15-21)22-19(23)14-27-20(24)18-10-6-5-9-17(18)13-16-7-3-2-4-8-16/h2-10H,11-15H2,1H3,(H,22,23)/t21-/m1/s1. The summed E-state index contributed by atoms with van der Waals surface area (Å²) < 4.78 is 28.4. The number of esters is 1. The van der Waals surface area contributed by atoms with Crippen LogP contribution < -0.4 is 5.32 Å². The van der Waals surface area contributed by atoms with Crippen molar-refractivity contribution in [1.82, 2.24) is 5.32 Å². The molecule has 0 aromatic heterocycles. The number of sulfone groups is 1. The first-order chi connectivity index (χ1) is 13.3. The number of hydrogen-bond donors (Lipinski definition) is 1. The molecule has 1 saturated heterocycles. The summed E-state index contributed by atoms with van der Waals surface area (Å²) in [4.78, 5) is 24.6. The lowest BCUT2D eigenvalue weighted by Crippen LogP contribution is -2.48. The maximum Gasteiger partial charge on any atom is 0.338 e. The molecule has 1 heterocycles. The van der Waals surface area contributed by atoms with Crippen LogP contribution in [0, 0.1) is 0 Å². The number of carbonyl (C=O) groups is 2. The first kappa shape index (κ1) is 20.1. The number of nitrogens with one attached hydrogen (secondary N) is 1. The van der Waals surface area contributed by atoms with E-state index in [4.69, 9.17) is 4.74 Å². The molecule has 148 valence electrons. The van der Waals surface area contributed by atoms with Gasteiger partial charge in [0.15, 0.2) is 16.4 Å². The van der Waals surface area contributed by atoms with Crippen molar-refractivity contribution in [2.75, 3.05) is 18.1 Å². The van der Waals surface area contributed by atoms with E-state index in [1.807, 2.05) is 42.5 Å². The molecule has 0 radical (unpaired) electrons. The molecule has 0 saturated carbocycles. The lowest BCUT2D eigenvalue weighted by molar-refractivity contribution is -0.125. The van der Waals surface area contributed by atoms with Crippen LogP contribution in [0.4, 0.5) is 0 Å². The zero-order valence-corrected chi connectivity index (χ0v) is 16.5.